The lowest BCUT2D eigenvalue weighted by molar-refractivity contribution is 0.302. The second-order valence-corrected chi connectivity index (χ2v) is 3.26. The minimum Gasteiger partial charge on any atom is -0.494 e. The molecule has 0 saturated carbocycles. The van der Waals surface area contributed by atoms with Crippen molar-refractivity contribution in [1.29, 1.82) is 0 Å². The van der Waals surface area contributed by atoms with E-state index in [1.165, 1.54) is 0 Å². The summed E-state index contributed by atoms with van der Waals surface area (Å²) in [7, 11) is 0. The number of thiol groups is 1. The quantitative estimate of drug-likeness (QED) is 0.705. The molecule has 2 N–H and O–H groups in total. The highest BCUT2D eigenvalue weighted by molar-refractivity contribution is 7.80. The molecule has 0 amide bonds. The van der Waals surface area contributed by atoms with Crippen molar-refractivity contribution in [2.75, 3.05) is 12.4 Å². The smallest absolute Gasteiger partial charge is 0.119 e. The number of para-hydroxylation sites is 1. The third-order valence-corrected chi connectivity index (χ3v) is 2.20. The van der Waals surface area contributed by atoms with Gasteiger partial charge in [-0.15, -0.1) is 0 Å². The van der Waals surface area contributed by atoms with E-state index in [1.807, 2.05) is 30.3 Å². The fourth-order valence-corrected chi connectivity index (χ4v) is 1.12. The maximum atomic E-state index is 5.68. The minimum absolute atomic E-state index is 0.132. The normalized spacial score (nSPS) is 12.5. The van der Waals surface area contributed by atoms with Gasteiger partial charge in [0, 0.05) is 11.8 Å². The van der Waals surface area contributed by atoms with Gasteiger partial charge in [-0.25, -0.2) is 0 Å². The van der Waals surface area contributed by atoms with Gasteiger partial charge in [0.25, 0.3) is 0 Å². The maximum Gasteiger partial charge on any atom is 0.119 e. The second kappa shape index (κ2) is 5.89. The molecule has 0 bridgehead atoms. The molecule has 0 fully saturated rings. The lowest BCUT2D eigenvalue weighted by atomic mass is 10.3. The second-order valence-electron chi connectivity index (χ2n) is 2.89. The summed E-state index contributed by atoms with van der Waals surface area (Å²) in [5, 5.41) is 0. The minimum atomic E-state index is 0.132. The summed E-state index contributed by atoms with van der Waals surface area (Å²) < 4.78 is 5.46. The van der Waals surface area contributed by atoms with Gasteiger partial charge in [0.05, 0.1) is 6.61 Å². The fraction of sp³-hybridized carbons (Fsp3) is 0.400. The Morgan fingerprint density at radius 1 is 1.31 bits per heavy atom. The highest BCUT2D eigenvalue weighted by atomic mass is 32.1. The van der Waals surface area contributed by atoms with Crippen molar-refractivity contribution in [3.63, 3.8) is 0 Å². The third kappa shape index (κ3) is 4.20. The van der Waals surface area contributed by atoms with Gasteiger partial charge in [-0.05, 0) is 18.6 Å². The molecule has 13 heavy (non-hydrogen) atoms. The van der Waals surface area contributed by atoms with Gasteiger partial charge >= 0.3 is 0 Å². The van der Waals surface area contributed by atoms with E-state index in [4.69, 9.17) is 10.5 Å². The van der Waals surface area contributed by atoms with Crippen LogP contribution in [0.2, 0.25) is 0 Å². The molecular weight excluding hydrogens is 182 g/mol. The summed E-state index contributed by atoms with van der Waals surface area (Å²) in [5.41, 5.74) is 5.68. The molecule has 0 aliphatic heterocycles. The largest absolute Gasteiger partial charge is 0.494 e. The van der Waals surface area contributed by atoms with Crippen LogP contribution in [0.25, 0.3) is 0 Å². The molecule has 1 aromatic rings. The molecule has 1 aromatic carbocycles. The van der Waals surface area contributed by atoms with Crippen LogP contribution < -0.4 is 10.5 Å². The summed E-state index contributed by atoms with van der Waals surface area (Å²) in [6.07, 6.45) is 0.846. The molecule has 1 atom stereocenters. The number of nitrogens with two attached hydrogens (primary N) is 1. The van der Waals surface area contributed by atoms with Crippen molar-refractivity contribution in [1.82, 2.24) is 0 Å². The zero-order valence-electron chi connectivity index (χ0n) is 7.52. The Labute approximate surface area is 84.5 Å². The van der Waals surface area contributed by atoms with E-state index >= 15 is 0 Å². The van der Waals surface area contributed by atoms with Crippen LogP contribution in [0.3, 0.4) is 0 Å². The Hall–Kier alpha value is -0.670. The summed E-state index contributed by atoms with van der Waals surface area (Å²) in [4.78, 5) is 0. The number of ether oxygens (including phenoxy) is 1. The maximum absolute atomic E-state index is 5.68. The van der Waals surface area contributed by atoms with Gasteiger partial charge in [-0.3, -0.25) is 0 Å². The van der Waals surface area contributed by atoms with E-state index in [9.17, 15) is 0 Å². The topological polar surface area (TPSA) is 35.2 Å². The number of rotatable bonds is 5. The van der Waals surface area contributed by atoms with Crippen molar-refractivity contribution in [3.05, 3.63) is 30.3 Å². The summed E-state index contributed by atoms with van der Waals surface area (Å²) in [6.45, 7) is 0.658. The van der Waals surface area contributed by atoms with E-state index in [2.05, 4.69) is 12.6 Å². The molecule has 0 spiro atoms. The average Bonchev–Trinajstić information content (AvgIpc) is 2.19. The first-order valence-electron chi connectivity index (χ1n) is 4.37. The molecule has 0 heterocycles. The molecule has 0 aromatic heterocycles. The van der Waals surface area contributed by atoms with Gasteiger partial charge in [-0.1, -0.05) is 18.2 Å². The molecular formula is C10H15NOS. The first-order chi connectivity index (χ1) is 6.33. The zero-order chi connectivity index (χ0) is 9.52. The van der Waals surface area contributed by atoms with E-state index in [0.29, 0.717) is 12.4 Å². The van der Waals surface area contributed by atoms with Crippen LogP contribution in [0.4, 0.5) is 0 Å². The molecule has 0 aliphatic carbocycles. The van der Waals surface area contributed by atoms with E-state index in [-0.39, 0.29) is 6.04 Å². The van der Waals surface area contributed by atoms with Crippen molar-refractivity contribution in [2.24, 2.45) is 5.73 Å². The molecule has 1 rings (SSSR count). The Kier molecular flexibility index (Phi) is 4.72. The first kappa shape index (κ1) is 10.4. The van der Waals surface area contributed by atoms with Crippen LogP contribution in [0.5, 0.6) is 5.75 Å². The van der Waals surface area contributed by atoms with Gasteiger partial charge in [0.2, 0.25) is 0 Å². The molecule has 0 unspecified atom stereocenters. The first-order valence-corrected chi connectivity index (χ1v) is 5.00. The lowest BCUT2D eigenvalue weighted by Crippen LogP contribution is -2.24. The number of hydrogen-bond donors (Lipinski definition) is 2. The Balaban J connectivity index is 2.20. The van der Waals surface area contributed by atoms with Crippen LogP contribution >= 0.6 is 12.6 Å². The van der Waals surface area contributed by atoms with Crippen LogP contribution in [0.15, 0.2) is 30.3 Å². The third-order valence-electron chi connectivity index (χ3n) is 1.74. The number of benzene rings is 1. The van der Waals surface area contributed by atoms with Crippen LogP contribution in [-0.2, 0) is 0 Å². The van der Waals surface area contributed by atoms with Crippen molar-refractivity contribution in [3.8, 4) is 5.75 Å². The standard InChI is InChI=1S/C10H15NOS/c11-9(8-13)6-7-12-10-4-2-1-3-5-10/h1-5,9,13H,6-8,11H2/t9-/m0/s1. The van der Waals surface area contributed by atoms with E-state index < -0.39 is 0 Å². The Bertz CT molecular complexity index is 228. The average molecular weight is 197 g/mol. The van der Waals surface area contributed by atoms with Crippen molar-refractivity contribution >= 4 is 12.6 Å². The Morgan fingerprint density at radius 2 is 2.00 bits per heavy atom. The molecule has 0 aliphatic rings. The van der Waals surface area contributed by atoms with Gasteiger partial charge in [0.1, 0.15) is 5.75 Å². The molecule has 2 nitrogen and oxygen atoms in total. The molecule has 0 radical (unpaired) electrons. The van der Waals surface area contributed by atoms with Crippen LogP contribution in [0, 0.1) is 0 Å². The zero-order valence-corrected chi connectivity index (χ0v) is 8.41. The highest BCUT2D eigenvalue weighted by Crippen LogP contribution is 2.08. The lowest BCUT2D eigenvalue weighted by Gasteiger charge is -2.09. The highest BCUT2D eigenvalue weighted by Gasteiger charge is 1.99. The summed E-state index contributed by atoms with van der Waals surface area (Å²) >= 11 is 4.10. The van der Waals surface area contributed by atoms with E-state index in [0.717, 1.165) is 12.2 Å². The SMILES string of the molecule is N[C@H](CS)CCOc1ccccc1. The van der Waals surface area contributed by atoms with Crippen molar-refractivity contribution in [2.45, 2.75) is 12.5 Å². The fourth-order valence-electron chi connectivity index (χ4n) is 0.936. The van der Waals surface area contributed by atoms with Crippen LogP contribution in [0.1, 0.15) is 6.42 Å². The number of hydrogen-bond acceptors (Lipinski definition) is 3. The predicted octanol–water partition coefficient (Wildman–Crippen LogP) is 1.71. The van der Waals surface area contributed by atoms with E-state index in [1.54, 1.807) is 0 Å². The monoisotopic (exact) mass is 197 g/mol. The summed E-state index contributed by atoms with van der Waals surface area (Å²) in [5.74, 6) is 1.60. The molecule has 0 saturated heterocycles. The molecule has 3 heteroatoms. The van der Waals surface area contributed by atoms with Gasteiger partial charge < -0.3 is 10.5 Å². The summed E-state index contributed by atoms with van der Waals surface area (Å²) in [6, 6.07) is 9.87. The Morgan fingerprint density at radius 3 is 2.62 bits per heavy atom. The van der Waals surface area contributed by atoms with Gasteiger partial charge in [0.15, 0.2) is 0 Å². The van der Waals surface area contributed by atoms with Crippen molar-refractivity contribution < 1.29 is 4.74 Å². The molecule has 72 valence electrons. The van der Waals surface area contributed by atoms with Gasteiger partial charge in [-0.2, -0.15) is 12.6 Å². The predicted molar refractivity (Wildman–Crippen MR) is 58.4 cm³/mol. The van der Waals surface area contributed by atoms with Crippen LogP contribution in [-0.4, -0.2) is 18.4 Å².